The van der Waals surface area contributed by atoms with Crippen LogP contribution in [0.2, 0.25) is 0 Å². The number of halogens is 8. The molecule has 0 saturated heterocycles. The van der Waals surface area contributed by atoms with Crippen LogP contribution in [0.3, 0.4) is 0 Å². The number of unbranched alkanes of at least 4 members (excludes halogenated alkanes) is 1. The number of aromatic nitrogens is 2. The Hall–Kier alpha value is 0.680. The van der Waals surface area contributed by atoms with Gasteiger partial charge in [0.2, 0.25) is 13.7 Å². The first kappa shape index (κ1) is 19.7. The van der Waals surface area contributed by atoms with Crippen molar-refractivity contribution in [3.63, 3.8) is 0 Å². The molecule has 1 aromatic rings. The molecule has 0 saturated carbocycles. The van der Waals surface area contributed by atoms with Gasteiger partial charge in [-0.05, 0) is 6.42 Å². The minimum absolute atomic E-state index is 1.14. The molecular formula is C8H13F6I2N2P. The summed E-state index contributed by atoms with van der Waals surface area (Å²) in [5, 5.41) is 0. The normalized spacial score (nSPS) is 15.3. The van der Waals surface area contributed by atoms with Crippen molar-refractivity contribution in [3.8, 4) is 0 Å². The van der Waals surface area contributed by atoms with Gasteiger partial charge < -0.3 is 0 Å². The Balaban J connectivity index is 0.000000399. The van der Waals surface area contributed by atoms with Gasteiger partial charge in [0.25, 0.3) is 0 Å². The van der Waals surface area contributed by atoms with Crippen molar-refractivity contribution in [2.45, 2.75) is 26.3 Å². The summed E-state index contributed by atoms with van der Waals surface area (Å²) in [5.74, 6) is 0. The van der Waals surface area contributed by atoms with Crippen molar-refractivity contribution in [1.29, 1.82) is 0 Å². The summed E-state index contributed by atoms with van der Waals surface area (Å²) >= 11 is 4.78. The Morgan fingerprint density at radius 1 is 1.16 bits per heavy atom. The zero-order chi connectivity index (χ0) is 15.5. The van der Waals surface area contributed by atoms with Crippen molar-refractivity contribution in [3.05, 3.63) is 13.7 Å². The number of imidazole rings is 1. The summed E-state index contributed by atoms with van der Waals surface area (Å²) in [6, 6.07) is 0. The number of hydrogen-bond acceptors (Lipinski definition) is 0. The topological polar surface area (TPSA) is 8.81 Å². The van der Waals surface area contributed by atoms with Gasteiger partial charge in [-0.25, -0.2) is 9.13 Å². The Kier molecular flexibility index (Phi) is 6.03. The molecule has 2 nitrogen and oxygen atoms in total. The van der Waals surface area contributed by atoms with E-state index in [-0.39, 0.29) is 0 Å². The van der Waals surface area contributed by atoms with E-state index in [9.17, 15) is 25.2 Å². The van der Waals surface area contributed by atoms with E-state index in [1.165, 1.54) is 20.2 Å². The minimum atomic E-state index is -10.7. The van der Waals surface area contributed by atoms with Crippen LogP contribution < -0.4 is 4.57 Å². The van der Waals surface area contributed by atoms with Gasteiger partial charge in [-0.2, -0.15) is 0 Å². The Morgan fingerprint density at radius 3 is 1.84 bits per heavy atom. The zero-order valence-corrected chi connectivity index (χ0v) is 15.3. The second kappa shape index (κ2) is 5.82. The van der Waals surface area contributed by atoms with E-state index in [2.05, 4.69) is 74.6 Å². The molecule has 11 heteroatoms. The van der Waals surface area contributed by atoms with E-state index < -0.39 is 7.81 Å². The maximum atomic E-state index is 9.87. The molecule has 0 amide bonds. The van der Waals surface area contributed by atoms with Crippen molar-refractivity contribution in [1.82, 2.24) is 4.57 Å². The van der Waals surface area contributed by atoms with Crippen LogP contribution >= 0.6 is 53.0 Å². The summed E-state index contributed by atoms with van der Waals surface area (Å²) < 4.78 is 66.3. The van der Waals surface area contributed by atoms with Gasteiger partial charge in [0.15, 0.2) is 0 Å². The zero-order valence-electron chi connectivity index (χ0n) is 10.1. The van der Waals surface area contributed by atoms with Crippen LogP contribution in [0, 0.1) is 7.40 Å². The van der Waals surface area contributed by atoms with Crippen LogP contribution in [-0.4, -0.2) is 4.57 Å². The fourth-order valence-corrected chi connectivity index (χ4v) is 2.24. The SMILES string of the molecule is CCCC[n+]1cn(C)c(I)c1I.F[P-](F)(F)(F)(F)F. The van der Waals surface area contributed by atoms with Crippen LogP contribution in [0.1, 0.15) is 19.8 Å². The van der Waals surface area contributed by atoms with E-state index in [0.29, 0.717) is 0 Å². The summed E-state index contributed by atoms with van der Waals surface area (Å²) in [4.78, 5) is 0. The van der Waals surface area contributed by atoms with Gasteiger partial charge in [-0.3, -0.25) is 0 Å². The fraction of sp³-hybridized carbons (Fsp3) is 0.625. The van der Waals surface area contributed by atoms with Crippen LogP contribution in [0.5, 0.6) is 0 Å². The predicted molar refractivity (Wildman–Crippen MR) is 79.5 cm³/mol. The van der Waals surface area contributed by atoms with Crippen molar-refractivity contribution < 1.29 is 29.7 Å². The molecule has 0 radical (unpaired) electrons. The van der Waals surface area contributed by atoms with Crippen LogP contribution in [0.15, 0.2) is 6.33 Å². The van der Waals surface area contributed by atoms with Gasteiger partial charge in [0.1, 0.15) is 0 Å². The van der Waals surface area contributed by atoms with E-state index in [0.717, 1.165) is 6.54 Å². The molecule has 0 N–H and O–H groups in total. The van der Waals surface area contributed by atoms with E-state index in [1.54, 1.807) is 0 Å². The average molecular weight is 536 g/mol. The summed E-state index contributed by atoms with van der Waals surface area (Å²) in [6.07, 6.45) is 4.69. The predicted octanol–water partition coefficient (Wildman–Crippen LogP) is 5.70. The molecule has 0 unspecified atom stereocenters. The average Bonchev–Trinajstić information content (AvgIpc) is 2.38. The second-order valence-electron chi connectivity index (χ2n) is 3.81. The Morgan fingerprint density at radius 2 is 1.58 bits per heavy atom. The molecule has 0 fully saturated rings. The van der Waals surface area contributed by atoms with Crippen molar-refractivity contribution in [2.75, 3.05) is 0 Å². The van der Waals surface area contributed by atoms with E-state index in [4.69, 9.17) is 0 Å². The van der Waals surface area contributed by atoms with Crippen LogP contribution in [0.4, 0.5) is 25.2 Å². The summed E-state index contributed by atoms with van der Waals surface area (Å²) in [6.45, 7) is 3.37. The molecular weight excluding hydrogens is 523 g/mol. The molecule has 116 valence electrons. The molecule has 0 aromatic carbocycles. The third-order valence-corrected chi connectivity index (χ3v) is 5.23. The molecule has 0 aliphatic heterocycles. The third-order valence-electron chi connectivity index (χ3n) is 1.80. The van der Waals surface area contributed by atoms with E-state index in [1.807, 2.05) is 0 Å². The number of aryl methyl sites for hydroxylation is 2. The Bertz CT molecular complexity index is 429. The monoisotopic (exact) mass is 536 g/mol. The standard InChI is InChI=1S/C8H13I2N2.F6P/c1-3-4-5-12-6-11(2)7(9)8(12)10;1-7(2,3,4,5)6/h6H,3-5H2,1-2H3;/q+1;-1. The first-order valence-electron chi connectivity index (χ1n) is 5.08. The molecule has 19 heavy (non-hydrogen) atoms. The first-order valence-corrected chi connectivity index (χ1v) is 9.26. The molecule has 1 aromatic heterocycles. The molecule has 0 spiro atoms. The van der Waals surface area contributed by atoms with Gasteiger partial charge in [-0.15, -0.1) is 0 Å². The molecule has 1 rings (SSSR count). The van der Waals surface area contributed by atoms with Crippen LogP contribution in [0.25, 0.3) is 0 Å². The van der Waals surface area contributed by atoms with Crippen LogP contribution in [-0.2, 0) is 13.6 Å². The van der Waals surface area contributed by atoms with Gasteiger partial charge in [0, 0.05) is 45.2 Å². The number of rotatable bonds is 3. The molecule has 0 bridgehead atoms. The fourth-order valence-electron chi connectivity index (χ4n) is 1.06. The maximum absolute atomic E-state index is 10.7. The molecule has 0 aliphatic rings. The van der Waals surface area contributed by atoms with Crippen molar-refractivity contribution in [2.24, 2.45) is 7.05 Å². The molecule has 1 heterocycles. The van der Waals surface area contributed by atoms with Gasteiger partial charge >= 0.3 is 33.0 Å². The summed E-state index contributed by atoms with van der Waals surface area (Å²) in [5.41, 5.74) is 0. The second-order valence-corrected chi connectivity index (χ2v) is 7.77. The van der Waals surface area contributed by atoms with Gasteiger partial charge in [0.05, 0.1) is 13.6 Å². The van der Waals surface area contributed by atoms with Gasteiger partial charge in [-0.1, -0.05) is 13.3 Å². The number of nitrogens with zero attached hydrogens (tertiary/aromatic N) is 2. The first-order chi connectivity index (χ1) is 8.11. The van der Waals surface area contributed by atoms with E-state index >= 15 is 0 Å². The number of hydrogen-bond donors (Lipinski definition) is 0. The molecule has 0 aliphatic carbocycles. The quantitative estimate of drug-likeness (QED) is 0.203. The van der Waals surface area contributed by atoms with Crippen molar-refractivity contribution >= 4 is 53.0 Å². The molecule has 0 atom stereocenters. The Labute approximate surface area is 134 Å². The summed E-state index contributed by atoms with van der Waals surface area (Å²) in [7, 11) is -8.57. The third kappa shape index (κ3) is 12.2.